The molecule has 0 aromatic carbocycles. The van der Waals surface area contributed by atoms with E-state index in [0.717, 1.165) is 11.5 Å². The van der Waals surface area contributed by atoms with E-state index in [1.807, 2.05) is 12.1 Å². The van der Waals surface area contributed by atoms with Crippen molar-refractivity contribution in [2.75, 3.05) is 0 Å². The van der Waals surface area contributed by atoms with Crippen molar-refractivity contribution < 1.29 is 13.7 Å². The molecule has 0 radical (unpaired) electrons. The smallest absolute Gasteiger partial charge is 0.162 e. The highest BCUT2D eigenvalue weighted by atomic mass is 16.5. The molecule has 2 N–H and O–H groups in total. The fraction of sp³-hybridized carbons (Fsp3) is 0.300. The van der Waals surface area contributed by atoms with Crippen LogP contribution in [-0.4, -0.2) is 5.16 Å². The third-order valence-electron chi connectivity index (χ3n) is 1.89. The second kappa shape index (κ2) is 4.77. The Morgan fingerprint density at radius 1 is 1.33 bits per heavy atom. The number of hydrogen-bond donors (Lipinski definition) is 1. The van der Waals surface area contributed by atoms with Gasteiger partial charge in [0.25, 0.3) is 0 Å². The lowest BCUT2D eigenvalue weighted by molar-refractivity contribution is 0.0763. The van der Waals surface area contributed by atoms with Crippen LogP contribution in [0.4, 0.5) is 0 Å². The van der Waals surface area contributed by atoms with Gasteiger partial charge in [-0.2, -0.15) is 0 Å². The van der Waals surface area contributed by atoms with Crippen molar-refractivity contribution in [2.45, 2.75) is 19.8 Å². The van der Waals surface area contributed by atoms with Crippen molar-refractivity contribution in [3.05, 3.63) is 41.7 Å². The van der Waals surface area contributed by atoms with E-state index in [1.165, 1.54) is 0 Å². The summed E-state index contributed by atoms with van der Waals surface area (Å²) < 4.78 is 15.4. The van der Waals surface area contributed by atoms with Gasteiger partial charge in [0, 0.05) is 12.6 Å². The van der Waals surface area contributed by atoms with E-state index in [-0.39, 0.29) is 0 Å². The van der Waals surface area contributed by atoms with Crippen LogP contribution < -0.4 is 5.73 Å². The summed E-state index contributed by atoms with van der Waals surface area (Å²) in [5.74, 6) is 1.45. The van der Waals surface area contributed by atoms with E-state index >= 15 is 0 Å². The molecule has 0 aliphatic carbocycles. The third kappa shape index (κ3) is 2.68. The summed E-state index contributed by atoms with van der Waals surface area (Å²) in [6, 6.07) is 5.45. The SMILES string of the molecule is NCc1cc(COCc2ccco2)on1. The van der Waals surface area contributed by atoms with E-state index in [0.29, 0.717) is 25.5 Å². The molecule has 0 unspecified atom stereocenters. The minimum atomic E-state index is 0.369. The molecule has 2 rings (SSSR count). The number of hydrogen-bond acceptors (Lipinski definition) is 5. The van der Waals surface area contributed by atoms with Gasteiger partial charge in [-0.25, -0.2) is 0 Å². The lowest BCUT2D eigenvalue weighted by Gasteiger charge is -1.97. The normalized spacial score (nSPS) is 10.7. The first-order valence-electron chi connectivity index (χ1n) is 4.63. The molecule has 15 heavy (non-hydrogen) atoms. The molecule has 2 aromatic heterocycles. The third-order valence-corrected chi connectivity index (χ3v) is 1.89. The Kier molecular flexibility index (Phi) is 3.16. The minimum absolute atomic E-state index is 0.369. The summed E-state index contributed by atoms with van der Waals surface area (Å²) in [6.45, 7) is 1.17. The Morgan fingerprint density at radius 3 is 2.87 bits per heavy atom. The first-order valence-corrected chi connectivity index (χ1v) is 4.63. The maximum absolute atomic E-state index is 5.39. The van der Waals surface area contributed by atoms with Crippen molar-refractivity contribution in [2.24, 2.45) is 5.73 Å². The number of aromatic nitrogens is 1. The molecule has 0 aliphatic heterocycles. The zero-order chi connectivity index (χ0) is 10.5. The molecule has 0 spiro atoms. The van der Waals surface area contributed by atoms with Crippen LogP contribution in [0.3, 0.4) is 0 Å². The molecular weight excluding hydrogens is 196 g/mol. The predicted octanol–water partition coefficient (Wildman–Crippen LogP) is 1.44. The maximum atomic E-state index is 5.39. The first kappa shape index (κ1) is 9.95. The van der Waals surface area contributed by atoms with Gasteiger partial charge in [-0.3, -0.25) is 0 Å². The molecule has 0 atom stereocenters. The Bertz CT molecular complexity index is 394. The second-order valence-electron chi connectivity index (χ2n) is 3.06. The predicted molar refractivity (Wildman–Crippen MR) is 51.6 cm³/mol. The fourth-order valence-electron chi connectivity index (χ4n) is 1.17. The van der Waals surface area contributed by atoms with E-state index in [2.05, 4.69) is 5.16 Å². The van der Waals surface area contributed by atoms with Gasteiger partial charge in [0.15, 0.2) is 5.76 Å². The molecule has 2 heterocycles. The van der Waals surface area contributed by atoms with Crippen LogP contribution in [0.5, 0.6) is 0 Å². The zero-order valence-electron chi connectivity index (χ0n) is 8.18. The molecule has 0 saturated carbocycles. The first-order chi connectivity index (χ1) is 7.38. The molecule has 0 fully saturated rings. The summed E-state index contributed by atoms with van der Waals surface area (Å²) in [7, 11) is 0. The van der Waals surface area contributed by atoms with Crippen LogP contribution in [0.25, 0.3) is 0 Å². The summed E-state index contributed by atoms with van der Waals surface area (Å²) >= 11 is 0. The zero-order valence-corrected chi connectivity index (χ0v) is 8.18. The Labute approximate surface area is 86.8 Å². The average molecular weight is 208 g/mol. The van der Waals surface area contributed by atoms with Crippen LogP contribution in [0.1, 0.15) is 17.2 Å². The van der Waals surface area contributed by atoms with Gasteiger partial charge in [-0.15, -0.1) is 0 Å². The van der Waals surface area contributed by atoms with Gasteiger partial charge in [0.2, 0.25) is 0 Å². The molecular formula is C10H12N2O3. The number of nitrogens with two attached hydrogens (primary N) is 1. The topological polar surface area (TPSA) is 74.4 Å². The maximum Gasteiger partial charge on any atom is 0.162 e. The molecule has 5 nitrogen and oxygen atoms in total. The van der Waals surface area contributed by atoms with Crippen molar-refractivity contribution >= 4 is 0 Å². The standard InChI is InChI=1S/C10H12N2O3/c11-5-8-4-10(15-12-8)7-13-6-9-2-1-3-14-9/h1-4H,5-7,11H2. The average Bonchev–Trinajstić information content (AvgIpc) is 2.88. The lowest BCUT2D eigenvalue weighted by Crippen LogP contribution is -1.95. The Morgan fingerprint density at radius 2 is 2.20 bits per heavy atom. The molecule has 0 aliphatic rings. The number of furan rings is 1. The quantitative estimate of drug-likeness (QED) is 0.804. The monoisotopic (exact) mass is 208 g/mol. The highest BCUT2D eigenvalue weighted by molar-refractivity contribution is 5.03. The Hall–Kier alpha value is -1.59. The van der Waals surface area contributed by atoms with Crippen LogP contribution in [0, 0.1) is 0 Å². The van der Waals surface area contributed by atoms with Gasteiger partial charge in [0.1, 0.15) is 19.0 Å². The molecule has 2 aromatic rings. The van der Waals surface area contributed by atoms with Gasteiger partial charge in [-0.1, -0.05) is 5.16 Å². The largest absolute Gasteiger partial charge is 0.467 e. The highest BCUT2D eigenvalue weighted by Gasteiger charge is 2.03. The van der Waals surface area contributed by atoms with Crippen LogP contribution in [-0.2, 0) is 24.5 Å². The van der Waals surface area contributed by atoms with Crippen LogP contribution >= 0.6 is 0 Å². The van der Waals surface area contributed by atoms with Gasteiger partial charge in [-0.05, 0) is 12.1 Å². The Balaban J connectivity index is 1.78. The number of ether oxygens (including phenoxy) is 1. The summed E-state index contributed by atoms with van der Waals surface area (Å²) in [6.07, 6.45) is 1.61. The second-order valence-corrected chi connectivity index (χ2v) is 3.06. The lowest BCUT2D eigenvalue weighted by atomic mass is 10.4. The van der Waals surface area contributed by atoms with Crippen LogP contribution in [0.2, 0.25) is 0 Å². The fourth-order valence-corrected chi connectivity index (χ4v) is 1.17. The highest BCUT2D eigenvalue weighted by Crippen LogP contribution is 2.07. The van der Waals surface area contributed by atoms with E-state index < -0.39 is 0 Å². The molecule has 0 amide bonds. The van der Waals surface area contributed by atoms with Crippen molar-refractivity contribution in [1.82, 2.24) is 5.16 Å². The molecule has 0 saturated heterocycles. The van der Waals surface area contributed by atoms with Crippen molar-refractivity contribution in [3.63, 3.8) is 0 Å². The summed E-state index contributed by atoms with van der Waals surface area (Å²) in [4.78, 5) is 0. The molecule has 5 heteroatoms. The van der Waals surface area contributed by atoms with Gasteiger partial charge >= 0.3 is 0 Å². The van der Waals surface area contributed by atoms with Gasteiger partial charge in [0.05, 0.1) is 12.0 Å². The number of nitrogens with zero attached hydrogens (tertiary/aromatic N) is 1. The van der Waals surface area contributed by atoms with Crippen LogP contribution in [0.15, 0.2) is 33.4 Å². The van der Waals surface area contributed by atoms with E-state index in [9.17, 15) is 0 Å². The van der Waals surface area contributed by atoms with Crippen molar-refractivity contribution in [3.8, 4) is 0 Å². The molecule has 80 valence electrons. The van der Waals surface area contributed by atoms with Crippen molar-refractivity contribution in [1.29, 1.82) is 0 Å². The summed E-state index contributed by atoms with van der Waals surface area (Å²) in [5, 5.41) is 3.75. The summed E-state index contributed by atoms with van der Waals surface area (Å²) in [5.41, 5.74) is 6.12. The number of rotatable bonds is 5. The van der Waals surface area contributed by atoms with Gasteiger partial charge < -0.3 is 19.4 Å². The van der Waals surface area contributed by atoms with E-state index in [1.54, 1.807) is 12.3 Å². The molecule has 0 bridgehead atoms. The van der Waals surface area contributed by atoms with E-state index in [4.69, 9.17) is 19.4 Å². The minimum Gasteiger partial charge on any atom is -0.467 e.